The summed E-state index contributed by atoms with van der Waals surface area (Å²) in [4.78, 5) is 28.4. The molecule has 6 heteroatoms. The number of aryl methyl sites for hydroxylation is 1. The smallest absolute Gasteiger partial charge is 0.341 e. The molecule has 2 fully saturated rings. The Hall–Kier alpha value is -3.07. The number of carbonyl (C=O) groups is 1. The van der Waals surface area contributed by atoms with Crippen molar-refractivity contribution in [1.82, 2.24) is 4.98 Å². The van der Waals surface area contributed by atoms with Crippen molar-refractivity contribution in [1.29, 1.82) is 5.26 Å². The topological polar surface area (TPSA) is 97.2 Å². The van der Waals surface area contributed by atoms with Crippen LogP contribution in [0.2, 0.25) is 0 Å². The Bertz CT molecular complexity index is 1030. The van der Waals surface area contributed by atoms with Crippen LogP contribution in [0.1, 0.15) is 48.5 Å². The van der Waals surface area contributed by atoms with Crippen LogP contribution < -0.4 is 10.5 Å². The molecule has 150 valence electrons. The van der Waals surface area contributed by atoms with Gasteiger partial charge in [-0.3, -0.25) is 4.79 Å². The molecule has 1 saturated heterocycles. The van der Waals surface area contributed by atoms with Gasteiger partial charge in [-0.1, -0.05) is 31.9 Å². The van der Waals surface area contributed by atoms with E-state index in [0.29, 0.717) is 18.0 Å². The van der Waals surface area contributed by atoms with Gasteiger partial charge in [-0.25, -0.2) is 4.79 Å². The quantitative estimate of drug-likeness (QED) is 0.826. The molecular formula is C23H25N3O3. The highest BCUT2D eigenvalue weighted by Crippen LogP contribution is 2.47. The number of H-pyrrole nitrogens is 1. The predicted molar refractivity (Wildman–Crippen MR) is 111 cm³/mol. The van der Waals surface area contributed by atoms with E-state index in [1.807, 2.05) is 31.2 Å². The maximum absolute atomic E-state index is 12.1. The molecule has 0 spiro atoms. The molecule has 1 aromatic carbocycles. The lowest BCUT2D eigenvalue weighted by atomic mass is 9.69. The molecule has 4 rings (SSSR count). The second-order valence-corrected chi connectivity index (χ2v) is 8.21. The molecule has 2 N–H and O–H groups in total. The number of aromatic nitrogens is 1. The fourth-order valence-electron chi connectivity index (χ4n) is 4.94. The van der Waals surface area contributed by atoms with E-state index >= 15 is 0 Å². The number of benzene rings is 1. The number of nitrogens with one attached hydrogen (secondary N) is 1. The molecule has 6 nitrogen and oxygen atoms in total. The molecule has 1 aliphatic heterocycles. The van der Waals surface area contributed by atoms with Crippen molar-refractivity contribution in [2.45, 2.75) is 39.0 Å². The summed E-state index contributed by atoms with van der Waals surface area (Å²) in [5.41, 5.74) is 2.36. The van der Waals surface area contributed by atoms with Crippen LogP contribution in [-0.4, -0.2) is 29.1 Å². The van der Waals surface area contributed by atoms with Crippen molar-refractivity contribution in [3.05, 3.63) is 51.8 Å². The van der Waals surface area contributed by atoms with Crippen LogP contribution in [0.3, 0.4) is 0 Å². The number of aromatic amines is 1. The predicted octanol–water partition coefficient (Wildman–Crippen LogP) is 3.82. The van der Waals surface area contributed by atoms with Gasteiger partial charge < -0.3 is 15.0 Å². The average Bonchev–Trinajstić information content (AvgIpc) is 3.13. The third kappa shape index (κ3) is 3.31. The number of aromatic carboxylic acids is 1. The van der Waals surface area contributed by atoms with Gasteiger partial charge >= 0.3 is 5.97 Å². The van der Waals surface area contributed by atoms with Crippen molar-refractivity contribution >= 4 is 11.7 Å². The minimum atomic E-state index is -1.22. The Kier molecular flexibility index (Phi) is 4.91. The van der Waals surface area contributed by atoms with Crippen LogP contribution in [0.4, 0.5) is 5.69 Å². The lowest BCUT2D eigenvalue weighted by Gasteiger charge is -2.31. The van der Waals surface area contributed by atoms with Gasteiger partial charge in [0.2, 0.25) is 0 Å². The van der Waals surface area contributed by atoms with Gasteiger partial charge in [0.05, 0.1) is 17.2 Å². The highest BCUT2D eigenvalue weighted by Gasteiger charge is 2.48. The molecule has 2 unspecified atom stereocenters. The number of carboxylic acids is 1. The Morgan fingerprint density at radius 1 is 1.34 bits per heavy atom. The molecule has 1 saturated carbocycles. The monoisotopic (exact) mass is 391 g/mol. The molecule has 1 aliphatic carbocycles. The molecule has 2 aromatic rings. The van der Waals surface area contributed by atoms with E-state index in [9.17, 15) is 20.0 Å². The fourth-order valence-corrected chi connectivity index (χ4v) is 4.94. The summed E-state index contributed by atoms with van der Waals surface area (Å²) in [5, 5.41) is 19.0. The van der Waals surface area contributed by atoms with E-state index < -0.39 is 11.5 Å². The third-order valence-corrected chi connectivity index (χ3v) is 6.60. The van der Waals surface area contributed by atoms with Crippen LogP contribution in [0.15, 0.2) is 35.1 Å². The van der Waals surface area contributed by atoms with E-state index in [1.165, 1.54) is 12.5 Å². The number of pyridine rings is 1. The number of anilines is 1. The zero-order valence-corrected chi connectivity index (χ0v) is 16.6. The van der Waals surface area contributed by atoms with Gasteiger partial charge in [0, 0.05) is 18.8 Å². The number of nitrogens with zero attached hydrogens (tertiary/aromatic N) is 2. The van der Waals surface area contributed by atoms with Gasteiger partial charge in [0.25, 0.3) is 5.56 Å². The van der Waals surface area contributed by atoms with Gasteiger partial charge in [0.1, 0.15) is 5.56 Å². The first-order valence-electron chi connectivity index (χ1n) is 10.2. The SMILES string of the molecule is CCc1cc(C(=O)O)c(=O)[nH]c1-c1ccc(N2CC3CCCCC3(C#N)C2)cc1. The highest BCUT2D eigenvalue weighted by atomic mass is 16.4. The number of carboxylic acid groups (broad SMARTS) is 1. The molecule has 2 aliphatic rings. The fraction of sp³-hybridized carbons (Fsp3) is 0.435. The maximum atomic E-state index is 12.1. The largest absolute Gasteiger partial charge is 0.477 e. The van der Waals surface area contributed by atoms with Crippen LogP contribution >= 0.6 is 0 Å². The second kappa shape index (κ2) is 7.40. The highest BCUT2D eigenvalue weighted by molar-refractivity contribution is 5.88. The standard InChI is InChI=1S/C23H25N3O3/c1-2-15-11-19(22(28)29)21(27)25-20(15)16-6-8-18(9-7-16)26-12-17-5-3-4-10-23(17,13-24)14-26/h6-9,11,17H,2-5,10,12,14H2,1H3,(H,25,27)(H,28,29). The summed E-state index contributed by atoms with van der Waals surface area (Å²) in [6.07, 6.45) is 5.07. The Morgan fingerprint density at radius 2 is 2.10 bits per heavy atom. The number of rotatable bonds is 4. The van der Waals surface area contributed by atoms with Gasteiger partial charge in [-0.2, -0.15) is 5.26 Å². The normalized spacial score (nSPS) is 23.4. The first-order valence-corrected chi connectivity index (χ1v) is 10.2. The summed E-state index contributed by atoms with van der Waals surface area (Å²) in [7, 11) is 0. The first kappa shape index (κ1) is 19.3. The molecule has 2 heterocycles. The van der Waals surface area contributed by atoms with Crippen LogP contribution in [0.25, 0.3) is 11.3 Å². The van der Waals surface area contributed by atoms with E-state index in [2.05, 4.69) is 16.0 Å². The van der Waals surface area contributed by atoms with E-state index in [-0.39, 0.29) is 11.0 Å². The molecule has 0 amide bonds. The van der Waals surface area contributed by atoms with E-state index in [0.717, 1.165) is 49.2 Å². The number of hydrogen-bond donors (Lipinski definition) is 2. The van der Waals surface area contributed by atoms with Crippen molar-refractivity contribution in [2.24, 2.45) is 11.3 Å². The summed E-state index contributed by atoms with van der Waals surface area (Å²) in [6.45, 7) is 3.62. The zero-order chi connectivity index (χ0) is 20.6. The summed E-state index contributed by atoms with van der Waals surface area (Å²) >= 11 is 0. The zero-order valence-electron chi connectivity index (χ0n) is 16.6. The van der Waals surface area contributed by atoms with Crippen LogP contribution in [-0.2, 0) is 6.42 Å². The van der Waals surface area contributed by atoms with Crippen molar-refractivity contribution < 1.29 is 9.90 Å². The minimum absolute atomic E-state index is 0.218. The summed E-state index contributed by atoms with van der Waals surface area (Å²) < 4.78 is 0. The average molecular weight is 391 g/mol. The van der Waals surface area contributed by atoms with Crippen LogP contribution in [0.5, 0.6) is 0 Å². The van der Waals surface area contributed by atoms with Crippen LogP contribution in [0, 0.1) is 22.7 Å². The lowest BCUT2D eigenvalue weighted by molar-refractivity contribution is 0.0695. The number of hydrogen-bond acceptors (Lipinski definition) is 4. The van der Waals surface area contributed by atoms with Crippen molar-refractivity contribution in [2.75, 3.05) is 18.0 Å². The molecule has 1 aromatic heterocycles. The molecular weight excluding hydrogens is 366 g/mol. The van der Waals surface area contributed by atoms with Gasteiger partial charge in [-0.15, -0.1) is 0 Å². The van der Waals surface area contributed by atoms with E-state index in [1.54, 1.807) is 0 Å². The third-order valence-electron chi connectivity index (χ3n) is 6.60. The molecule has 0 radical (unpaired) electrons. The number of nitriles is 1. The summed E-state index contributed by atoms with van der Waals surface area (Å²) in [5.74, 6) is -0.780. The van der Waals surface area contributed by atoms with Crippen molar-refractivity contribution in [3.63, 3.8) is 0 Å². The maximum Gasteiger partial charge on any atom is 0.341 e. The second-order valence-electron chi connectivity index (χ2n) is 8.21. The Labute approximate surface area is 169 Å². The first-order chi connectivity index (χ1) is 14.0. The Morgan fingerprint density at radius 3 is 2.72 bits per heavy atom. The number of fused-ring (bicyclic) bond motifs is 1. The Balaban J connectivity index is 1.63. The van der Waals surface area contributed by atoms with E-state index in [4.69, 9.17) is 0 Å². The van der Waals surface area contributed by atoms with Gasteiger partial charge in [-0.05, 0) is 54.5 Å². The molecule has 0 bridgehead atoms. The summed E-state index contributed by atoms with van der Waals surface area (Å²) in [6, 6.07) is 12.1. The lowest BCUT2D eigenvalue weighted by Crippen LogP contribution is -2.31. The minimum Gasteiger partial charge on any atom is -0.477 e. The molecule has 2 atom stereocenters. The van der Waals surface area contributed by atoms with Crippen molar-refractivity contribution in [3.8, 4) is 17.3 Å². The van der Waals surface area contributed by atoms with Gasteiger partial charge in [0.15, 0.2) is 0 Å². The molecule has 29 heavy (non-hydrogen) atoms.